The second-order valence-corrected chi connectivity index (χ2v) is 4.85. The number of hydrogen-bond donors (Lipinski definition) is 1. The third kappa shape index (κ3) is 2.57. The fraction of sp³-hybridized carbons (Fsp3) is 0.385. The molecule has 0 radical (unpaired) electrons. The summed E-state index contributed by atoms with van der Waals surface area (Å²) in [6.07, 6.45) is 0.727. The summed E-state index contributed by atoms with van der Waals surface area (Å²) in [5.41, 5.74) is -0.00546. The molecule has 0 fully saturated rings. The molecule has 5 nitrogen and oxygen atoms in total. The van der Waals surface area contributed by atoms with Crippen LogP contribution >= 0.6 is 11.6 Å². The molecule has 6 heteroatoms. The Kier molecular flexibility index (Phi) is 4.07. The molecule has 0 aliphatic heterocycles. The van der Waals surface area contributed by atoms with E-state index in [1.807, 2.05) is 7.05 Å². The summed E-state index contributed by atoms with van der Waals surface area (Å²) >= 11 is 5.91. The fourth-order valence-corrected chi connectivity index (χ4v) is 2.26. The van der Waals surface area contributed by atoms with Crippen LogP contribution in [0.1, 0.15) is 6.42 Å². The van der Waals surface area contributed by atoms with Gasteiger partial charge in [0.05, 0.1) is 10.9 Å². The quantitative estimate of drug-likeness (QED) is 0.850. The molecule has 0 spiro atoms. The molecule has 0 aliphatic rings. The minimum Gasteiger partial charge on any atom is -0.320 e. The Morgan fingerprint density at radius 3 is 2.74 bits per heavy atom. The molecule has 1 aromatic carbocycles. The van der Waals surface area contributed by atoms with Gasteiger partial charge >= 0.3 is 5.69 Å². The molecule has 0 saturated carbocycles. The number of benzene rings is 1. The first-order valence-corrected chi connectivity index (χ1v) is 6.47. The van der Waals surface area contributed by atoms with Crippen LogP contribution in [0, 0.1) is 0 Å². The maximum absolute atomic E-state index is 12.3. The molecule has 0 amide bonds. The molecule has 0 atom stereocenters. The molecule has 0 saturated heterocycles. The fourth-order valence-electron chi connectivity index (χ4n) is 2.09. The van der Waals surface area contributed by atoms with E-state index in [0.29, 0.717) is 22.5 Å². The van der Waals surface area contributed by atoms with Gasteiger partial charge in [-0.1, -0.05) is 11.6 Å². The second-order valence-electron chi connectivity index (χ2n) is 4.42. The molecule has 0 unspecified atom stereocenters. The Balaban J connectivity index is 2.64. The Morgan fingerprint density at radius 2 is 2.05 bits per heavy atom. The van der Waals surface area contributed by atoms with E-state index < -0.39 is 0 Å². The number of nitrogens with zero attached hydrogens (tertiary/aromatic N) is 2. The summed E-state index contributed by atoms with van der Waals surface area (Å²) in [4.78, 5) is 24.5. The van der Waals surface area contributed by atoms with Gasteiger partial charge in [-0.25, -0.2) is 4.79 Å². The van der Waals surface area contributed by atoms with Crippen molar-refractivity contribution in [2.24, 2.45) is 7.05 Å². The van der Waals surface area contributed by atoms with Crippen molar-refractivity contribution in [3.8, 4) is 0 Å². The third-order valence-electron chi connectivity index (χ3n) is 3.12. The van der Waals surface area contributed by atoms with Crippen molar-refractivity contribution in [1.29, 1.82) is 0 Å². The van der Waals surface area contributed by atoms with Gasteiger partial charge in [0.2, 0.25) is 0 Å². The Labute approximate surface area is 115 Å². The summed E-state index contributed by atoms with van der Waals surface area (Å²) in [7, 11) is 3.48. The molecule has 2 aromatic rings. The number of fused-ring (bicyclic) bond motifs is 1. The van der Waals surface area contributed by atoms with Crippen LogP contribution in [0.4, 0.5) is 0 Å². The number of nitrogens with one attached hydrogen (secondary N) is 1. The van der Waals surface area contributed by atoms with Gasteiger partial charge in [-0.05, 0) is 38.2 Å². The Morgan fingerprint density at radius 1 is 1.32 bits per heavy atom. The molecule has 102 valence electrons. The van der Waals surface area contributed by atoms with Crippen molar-refractivity contribution in [2.45, 2.75) is 13.0 Å². The van der Waals surface area contributed by atoms with Crippen LogP contribution < -0.4 is 16.6 Å². The third-order valence-corrected chi connectivity index (χ3v) is 3.36. The summed E-state index contributed by atoms with van der Waals surface area (Å²) in [6, 6.07) is 4.96. The van der Waals surface area contributed by atoms with Gasteiger partial charge in [0.15, 0.2) is 0 Å². The van der Waals surface area contributed by atoms with Gasteiger partial charge in [0, 0.05) is 18.6 Å². The Bertz CT molecular complexity index is 718. The second kappa shape index (κ2) is 5.59. The lowest BCUT2D eigenvalue weighted by Gasteiger charge is -2.10. The lowest BCUT2D eigenvalue weighted by atomic mass is 10.2. The molecule has 1 aromatic heterocycles. The van der Waals surface area contributed by atoms with E-state index in [9.17, 15) is 9.59 Å². The van der Waals surface area contributed by atoms with Crippen LogP contribution in [0.15, 0.2) is 27.8 Å². The van der Waals surface area contributed by atoms with Crippen molar-refractivity contribution in [3.05, 3.63) is 44.1 Å². The van der Waals surface area contributed by atoms with Crippen molar-refractivity contribution < 1.29 is 0 Å². The first-order valence-electron chi connectivity index (χ1n) is 6.10. The minimum atomic E-state index is -0.309. The maximum atomic E-state index is 12.3. The monoisotopic (exact) mass is 281 g/mol. The predicted octanol–water partition coefficient (Wildman–Crippen LogP) is 0.963. The number of hydrogen-bond acceptors (Lipinski definition) is 3. The maximum Gasteiger partial charge on any atom is 0.331 e. The highest BCUT2D eigenvalue weighted by atomic mass is 35.5. The zero-order chi connectivity index (χ0) is 14.0. The van der Waals surface area contributed by atoms with E-state index in [1.165, 1.54) is 9.13 Å². The summed E-state index contributed by atoms with van der Waals surface area (Å²) < 4.78 is 2.73. The van der Waals surface area contributed by atoms with Crippen LogP contribution in [-0.4, -0.2) is 22.7 Å². The van der Waals surface area contributed by atoms with Gasteiger partial charge in [-0.15, -0.1) is 0 Å². The molecule has 1 heterocycles. The average Bonchev–Trinajstić information content (AvgIpc) is 2.40. The van der Waals surface area contributed by atoms with Crippen molar-refractivity contribution in [1.82, 2.24) is 14.5 Å². The first kappa shape index (κ1) is 13.8. The standard InChI is InChI=1S/C13H16ClN3O2/c1-15-6-3-7-17-12(18)10-5-4-9(14)8-11(10)16(2)13(17)19/h4-5,8,15H,3,6-7H2,1-2H3. The van der Waals surface area contributed by atoms with E-state index in [1.54, 1.807) is 25.2 Å². The highest BCUT2D eigenvalue weighted by Gasteiger charge is 2.10. The molecular formula is C13H16ClN3O2. The normalized spacial score (nSPS) is 11.1. The van der Waals surface area contributed by atoms with Gasteiger partial charge in [0.25, 0.3) is 5.56 Å². The highest BCUT2D eigenvalue weighted by molar-refractivity contribution is 6.31. The summed E-state index contributed by atoms with van der Waals surface area (Å²) in [5, 5.41) is 4.01. The van der Waals surface area contributed by atoms with Crippen molar-refractivity contribution in [3.63, 3.8) is 0 Å². The van der Waals surface area contributed by atoms with Crippen LogP contribution in [0.2, 0.25) is 5.02 Å². The molecule has 0 aliphatic carbocycles. The van der Waals surface area contributed by atoms with E-state index in [0.717, 1.165) is 13.0 Å². The van der Waals surface area contributed by atoms with E-state index in [2.05, 4.69) is 5.32 Å². The lowest BCUT2D eigenvalue weighted by molar-refractivity contribution is 0.560. The van der Waals surface area contributed by atoms with Crippen LogP contribution in [0.3, 0.4) is 0 Å². The minimum absolute atomic E-state index is 0.258. The largest absolute Gasteiger partial charge is 0.331 e. The first-order chi connectivity index (χ1) is 9.06. The molecule has 19 heavy (non-hydrogen) atoms. The topological polar surface area (TPSA) is 56.0 Å². The van der Waals surface area contributed by atoms with Crippen LogP contribution in [0.25, 0.3) is 10.9 Å². The van der Waals surface area contributed by atoms with Gasteiger partial charge in [0.1, 0.15) is 0 Å². The molecule has 2 rings (SSSR count). The summed E-state index contributed by atoms with van der Waals surface area (Å²) in [5.74, 6) is 0. The summed E-state index contributed by atoms with van der Waals surface area (Å²) in [6.45, 7) is 1.17. The smallest absolute Gasteiger partial charge is 0.320 e. The number of rotatable bonds is 4. The number of halogens is 1. The SMILES string of the molecule is CNCCCn1c(=O)c2ccc(Cl)cc2n(C)c1=O. The van der Waals surface area contributed by atoms with Gasteiger partial charge in [-0.2, -0.15) is 0 Å². The Hall–Kier alpha value is -1.59. The van der Waals surface area contributed by atoms with E-state index in [-0.39, 0.29) is 11.2 Å². The number of aromatic nitrogens is 2. The van der Waals surface area contributed by atoms with Crippen LogP contribution in [0.5, 0.6) is 0 Å². The zero-order valence-corrected chi connectivity index (χ0v) is 11.7. The zero-order valence-electron chi connectivity index (χ0n) is 10.9. The molecule has 1 N–H and O–H groups in total. The van der Waals surface area contributed by atoms with E-state index >= 15 is 0 Å². The molecular weight excluding hydrogens is 266 g/mol. The van der Waals surface area contributed by atoms with Crippen molar-refractivity contribution in [2.75, 3.05) is 13.6 Å². The van der Waals surface area contributed by atoms with Crippen LogP contribution in [-0.2, 0) is 13.6 Å². The van der Waals surface area contributed by atoms with Gasteiger partial charge < -0.3 is 5.32 Å². The average molecular weight is 282 g/mol. The van der Waals surface area contributed by atoms with Gasteiger partial charge in [-0.3, -0.25) is 13.9 Å². The lowest BCUT2D eigenvalue weighted by Crippen LogP contribution is -2.39. The van der Waals surface area contributed by atoms with Crippen molar-refractivity contribution >= 4 is 22.5 Å². The molecule has 0 bridgehead atoms. The highest BCUT2D eigenvalue weighted by Crippen LogP contribution is 2.14. The number of aryl methyl sites for hydroxylation is 1. The predicted molar refractivity (Wildman–Crippen MR) is 77.0 cm³/mol. The van der Waals surface area contributed by atoms with E-state index in [4.69, 9.17) is 11.6 Å².